The molecule has 0 aliphatic rings. The van der Waals surface area contributed by atoms with Crippen LogP contribution in [0.15, 0.2) is 16.7 Å². The summed E-state index contributed by atoms with van der Waals surface area (Å²) in [6, 6.07) is 1.80. The molecule has 1 atom stereocenters. The van der Waals surface area contributed by atoms with Crippen molar-refractivity contribution in [3.63, 3.8) is 0 Å². The molecule has 1 rings (SSSR count). The molecular formula is C11H13NO3. The van der Waals surface area contributed by atoms with Gasteiger partial charge in [0.1, 0.15) is 0 Å². The first-order valence-electron chi connectivity index (χ1n) is 4.61. The van der Waals surface area contributed by atoms with Crippen molar-refractivity contribution in [2.24, 2.45) is 0 Å². The van der Waals surface area contributed by atoms with Gasteiger partial charge in [0.05, 0.1) is 6.26 Å². The summed E-state index contributed by atoms with van der Waals surface area (Å²) in [5, 5.41) is 11.9. The van der Waals surface area contributed by atoms with E-state index >= 15 is 0 Å². The summed E-state index contributed by atoms with van der Waals surface area (Å²) in [7, 11) is 0. The monoisotopic (exact) mass is 207 g/mol. The van der Waals surface area contributed by atoms with Crippen molar-refractivity contribution in [2.75, 3.05) is 0 Å². The molecule has 0 aliphatic carbocycles. The quantitative estimate of drug-likeness (QED) is 0.718. The highest BCUT2D eigenvalue weighted by atomic mass is 16.4. The second-order valence-electron chi connectivity index (χ2n) is 3.27. The van der Waals surface area contributed by atoms with Crippen molar-refractivity contribution in [3.05, 3.63) is 23.7 Å². The van der Waals surface area contributed by atoms with Crippen LogP contribution >= 0.6 is 0 Å². The zero-order chi connectivity index (χ0) is 11.3. The van der Waals surface area contributed by atoms with Crippen molar-refractivity contribution in [2.45, 2.75) is 25.9 Å². The number of rotatable bonds is 5. The van der Waals surface area contributed by atoms with Crippen molar-refractivity contribution in [3.8, 4) is 12.3 Å². The summed E-state index contributed by atoms with van der Waals surface area (Å²) < 4.78 is 4.84. The SMILES string of the molecule is C#CCC(C)NCc1ccoc1C(=O)O. The zero-order valence-electron chi connectivity index (χ0n) is 8.49. The van der Waals surface area contributed by atoms with Crippen molar-refractivity contribution in [1.82, 2.24) is 5.32 Å². The average molecular weight is 207 g/mol. The number of hydrogen-bond donors (Lipinski definition) is 2. The number of hydrogen-bond acceptors (Lipinski definition) is 3. The topological polar surface area (TPSA) is 62.5 Å². The van der Waals surface area contributed by atoms with Crippen LogP contribution in [0.1, 0.15) is 29.5 Å². The van der Waals surface area contributed by atoms with Crippen molar-refractivity contribution < 1.29 is 14.3 Å². The smallest absolute Gasteiger partial charge is 0.372 e. The Morgan fingerprint density at radius 1 is 1.80 bits per heavy atom. The maximum Gasteiger partial charge on any atom is 0.372 e. The second-order valence-corrected chi connectivity index (χ2v) is 3.27. The predicted molar refractivity (Wildman–Crippen MR) is 55.4 cm³/mol. The minimum absolute atomic E-state index is 0.0181. The fourth-order valence-corrected chi connectivity index (χ4v) is 1.20. The van der Waals surface area contributed by atoms with Crippen LogP contribution in [0.25, 0.3) is 0 Å². The molecule has 1 aromatic heterocycles. The Kier molecular flexibility index (Phi) is 3.95. The van der Waals surface area contributed by atoms with E-state index in [9.17, 15) is 4.79 Å². The molecule has 0 saturated heterocycles. The van der Waals surface area contributed by atoms with E-state index in [2.05, 4.69) is 11.2 Å². The number of terminal acetylenes is 1. The molecule has 0 radical (unpaired) electrons. The first-order chi connectivity index (χ1) is 7.15. The minimum Gasteiger partial charge on any atom is -0.475 e. The number of carboxylic acids is 1. The Morgan fingerprint density at radius 3 is 3.13 bits per heavy atom. The summed E-state index contributed by atoms with van der Waals surface area (Å²) in [5.41, 5.74) is 0.631. The molecule has 2 N–H and O–H groups in total. The third-order valence-corrected chi connectivity index (χ3v) is 2.01. The first-order valence-corrected chi connectivity index (χ1v) is 4.61. The van der Waals surface area contributed by atoms with Gasteiger partial charge in [-0.1, -0.05) is 0 Å². The standard InChI is InChI=1S/C11H13NO3/c1-3-4-8(2)12-7-9-5-6-15-10(9)11(13)14/h1,5-6,8,12H,4,7H2,2H3,(H,13,14). The summed E-state index contributed by atoms with van der Waals surface area (Å²) in [5.74, 6) is 1.46. The first kappa shape index (κ1) is 11.3. The van der Waals surface area contributed by atoms with Gasteiger partial charge in [-0.25, -0.2) is 4.79 Å². The minimum atomic E-state index is -1.05. The summed E-state index contributed by atoms with van der Waals surface area (Å²) in [6.45, 7) is 2.39. The van der Waals surface area contributed by atoms with Crippen LogP contribution in [-0.4, -0.2) is 17.1 Å². The van der Waals surface area contributed by atoms with E-state index in [1.165, 1.54) is 6.26 Å². The third-order valence-electron chi connectivity index (χ3n) is 2.01. The molecule has 80 valence electrons. The molecule has 1 unspecified atom stereocenters. The van der Waals surface area contributed by atoms with Gasteiger partial charge >= 0.3 is 5.97 Å². The lowest BCUT2D eigenvalue weighted by atomic mass is 10.2. The molecule has 0 aromatic carbocycles. The normalized spacial score (nSPS) is 12.0. The highest BCUT2D eigenvalue weighted by Crippen LogP contribution is 2.10. The van der Waals surface area contributed by atoms with E-state index in [1.807, 2.05) is 6.92 Å². The fraction of sp³-hybridized carbons (Fsp3) is 0.364. The lowest BCUT2D eigenvalue weighted by Crippen LogP contribution is -2.25. The predicted octanol–water partition coefficient (Wildman–Crippen LogP) is 1.48. The van der Waals surface area contributed by atoms with Gasteiger partial charge in [-0.05, 0) is 13.0 Å². The number of nitrogens with one attached hydrogen (secondary N) is 1. The Hall–Kier alpha value is -1.73. The van der Waals surface area contributed by atoms with Gasteiger partial charge < -0.3 is 14.8 Å². The second kappa shape index (κ2) is 5.23. The van der Waals surface area contributed by atoms with Crippen LogP contribution in [0.5, 0.6) is 0 Å². The molecule has 4 nitrogen and oxygen atoms in total. The molecular weight excluding hydrogens is 194 g/mol. The molecule has 15 heavy (non-hydrogen) atoms. The maximum absolute atomic E-state index is 10.7. The Labute approximate surface area is 88.3 Å². The van der Waals surface area contributed by atoms with E-state index in [-0.39, 0.29) is 11.8 Å². The summed E-state index contributed by atoms with van der Waals surface area (Å²) in [6.07, 6.45) is 7.13. The third kappa shape index (κ3) is 3.15. The molecule has 1 aromatic rings. The lowest BCUT2D eigenvalue weighted by Gasteiger charge is -2.09. The fourth-order valence-electron chi connectivity index (χ4n) is 1.20. The molecule has 0 aliphatic heterocycles. The number of furan rings is 1. The van der Waals surface area contributed by atoms with Crippen molar-refractivity contribution >= 4 is 5.97 Å². The summed E-state index contributed by atoms with van der Waals surface area (Å²) in [4.78, 5) is 10.7. The van der Waals surface area contributed by atoms with Crippen LogP contribution in [0.4, 0.5) is 0 Å². The van der Waals surface area contributed by atoms with Gasteiger partial charge in [0.2, 0.25) is 5.76 Å². The van der Waals surface area contributed by atoms with E-state index in [0.717, 1.165) is 0 Å². The van der Waals surface area contributed by atoms with Crippen LogP contribution in [0.2, 0.25) is 0 Å². The molecule has 0 amide bonds. The lowest BCUT2D eigenvalue weighted by molar-refractivity contribution is 0.0660. The molecule has 0 saturated carbocycles. The Morgan fingerprint density at radius 2 is 2.53 bits per heavy atom. The van der Waals surface area contributed by atoms with E-state index in [0.29, 0.717) is 18.5 Å². The van der Waals surface area contributed by atoms with Crippen LogP contribution in [0, 0.1) is 12.3 Å². The van der Waals surface area contributed by atoms with Crippen molar-refractivity contribution in [1.29, 1.82) is 0 Å². The average Bonchev–Trinajstić information content (AvgIpc) is 2.63. The van der Waals surface area contributed by atoms with Gasteiger partial charge in [-0.15, -0.1) is 12.3 Å². The van der Waals surface area contributed by atoms with Gasteiger partial charge in [0.15, 0.2) is 0 Å². The molecule has 0 fully saturated rings. The molecule has 4 heteroatoms. The molecule has 1 heterocycles. The van der Waals surface area contributed by atoms with E-state index in [1.54, 1.807) is 6.07 Å². The zero-order valence-corrected chi connectivity index (χ0v) is 8.49. The molecule has 0 bridgehead atoms. The Bertz CT molecular complexity index is 375. The Balaban J connectivity index is 2.54. The van der Waals surface area contributed by atoms with Gasteiger partial charge in [0, 0.05) is 24.6 Å². The van der Waals surface area contributed by atoms with E-state index in [4.69, 9.17) is 15.9 Å². The van der Waals surface area contributed by atoms with Crippen LogP contribution in [0.3, 0.4) is 0 Å². The molecule has 0 spiro atoms. The van der Waals surface area contributed by atoms with Gasteiger partial charge in [0.25, 0.3) is 0 Å². The number of carboxylic acid groups (broad SMARTS) is 1. The van der Waals surface area contributed by atoms with Crippen LogP contribution < -0.4 is 5.32 Å². The number of aromatic carboxylic acids is 1. The van der Waals surface area contributed by atoms with E-state index < -0.39 is 5.97 Å². The number of carbonyl (C=O) groups is 1. The maximum atomic E-state index is 10.7. The largest absolute Gasteiger partial charge is 0.475 e. The highest BCUT2D eigenvalue weighted by molar-refractivity contribution is 5.86. The highest BCUT2D eigenvalue weighted by Gasteiger charge is 2.13. The summed E-state index contributed by atoms with van der Waals surface area (Å²) >= 11 is 0. The van der Waals surface area contributed by atoms with Gasteiger partial charge in [-0.3, -0.25) is 0 Å². The van der Waals surface area contributed by atoms with Crippen LogP contribution in [-0.2, 0) is 6.54 Å². The van der Waals surface area contributed by atoms with Gasteiger partial charge in [-0.2, -0.15) is 0 Å².